The van der Waals surface area contributed by atoms with E-state index in [9.17, 15) is 0 Å². The van der Waals surface area contributed by atoms with Crippen molar-refractivity contribution in [3.63, 3.8) is 0 Å². The van der Waals surface area contributed by atoms with Gasteiger partial charge in [-0.15, -0.1) is 0 Å². The third kappa shape index (κ3) is 4.18. The molecule has 6 heteroatoms. The zero-order valence-electron chi connectivity index (χ0n) is 11.9. The zero-order chi connectivity index (χ0) is 15.2. The highest BCUT2D eigenvalue weighted by Crippen LogP contribution is 2.25. The standard InChI is InChI=1S/C15H22N4O2/c16-11(8-20)5-10(6-12(17)9-21)15-7-18-13-3-1-2-4-14(13)19-15/h1-4,7,10-12,20-21H,5-6,8-9,16-17H2. The lowest BCUT2D eigenvalue weighted by Crippen LogP contribution is -2.32. The molecule has 1 heterocycles. The fourth-order valence-corrected chi connectivity index (χ4v) is 2.39. The van der Waals surface area contributed by atoms with E-state index in [0.717, 1.165) is 16.7 Å². The fourth-order valence-electron chi connectivity index (χ4n) is 2.39. The predicted octanol–water partition coefficient (Wildman–Crippen LogP) is 0.133. The van der Waals surface area contributed by atoms with Gasteiger partial charge in [-0.25, -0.2) is 4.98 Å². The van der Waals surface area contributed by atoms with E-state index in [1.807, 2.05) is 24.3 Å². The molecule has 0 fully saturated rings. The van der Waals surface area contributed by atoms with Crippen molar-refractivity contribution in [1.82, 2.24) is 9.97 Å². The summed E-state index contributed by atoms with van der Waals surface area (Å²) in [5.74, 6) is -0.0357. The predicted molar refractivity (Wildman–Crippen MR) is 81.6 cm³/mol. The molecule has 0 bridgehead atoms. The number of aromatic nitrogens is 2. The Bertz CT molecular complexity index is 566. The van der Waals surface area contributed by atoms with Crippen LogP contribution in [-0.4, -0.2) is 45.5 Å². The van der Waals surface area contributed by atoms with Gasteiger partial charge in [-0.05, 0) is 25.0 Å². The molecule has 0 spiro atoms. The Labute approximate surface area is 123 Å². The molecular formula is C15H22N4O2. The highest BCUT2D eigenvalue weighted by Gasteiger charge is 2.20. The SMILES string of the molecule is NC(CO)CC(CC(N)CO)c1cnc2ccccc2n1. The molecule has 1 aromatic carbocycles. The minimum atomic E-state index is -0.339. The smallest absolute Gasteiger partial charge is 0.0890 e. The van der Waals surface area contributed by atoms with Crippen LogP contribution in [0.4, 0.5) is 0 Å². The molecule has 0 saturated heterocycles. The normalized spacial score (nSPS) is 15.8. The number of fused-ring (bicyclic) bond motifs is 1. The van der Waals surface area contributed by atoms with Crippen LogP contribution in [0.25, 0.3) is 11.0 Å². The largest absolute Gasteiger partial charge is 0.395 e. The van der Waals surface area contributed by atoms with Crippen LogP contribution >= 0.6 is 0 Å². The fraction of sp³-hybridized carbons (Fsp3) is 0.467. The third-order valence-electron chi connectivity index (χ3n) is 3.53. The van der Waals surface area contributed by atoms with Crippen molar-refractivity contribution in [3.05, 3.63) is 36.2 Å². The van der Waals surface area contributed by atoms with Gasteiger partial charge in [0.25, 0.3) is 0 Å². The molecule has 0 aliphatic heterocycles. The van der Waals surface area contributed by atoms with E-state index < -0.39 is 0 Å². The van der Waals surface area contributed by atoms with Crippen LogP contribution in [0.15, 0.2) is 30.5 Å². The maximum absolute atomic E-state index is 9.15. The van der Waals surface area contributed by atoms with Crippen molar-refractivity contribution >= 4 is 11.0 Å². The van der Waals surface area contributed by atoms with Gasteiger partial charge < -0.3 is 21.7 Å². The van der Waals surface area contributed by atoms with Gasteiger partial charge in [-0.1, -0.05) is 12.1 Å². The number of nitrogens with zero attached hydrogens (tertiary/aromatic N) is 2. The van der Waals surface area contributed by atoms with Crippen molar-refractivity contribution in [2.45, 2.75) is 30.8 Å². The lowest BCUT2D eigenvalue weighted by molar-refractivity contribution is 0.234. The topological polar surface area (TPSA) is 118 Å². The van der Waals surface area contributed by atoms with Crippen LogP contribution in [0, 0.1) is 0 Å². The molecule has 2 aromatic rings. The van der Waals surface area contributed by atoms with Gasteiger partial charge in [-0.3, -0.25) is 4.98 Å². The van der Waals surface area contributed by atoms with Crippen LogP contribution in [0.2, 0.25) is 0 Å². The van der Waals surface area contributed by atoms with Crippen LogP contribution < -0.4 is 11.5 Å². The molecule has 1 aromatic heterocycles. The van der Waals surface area contributed by atoms with Gasteiger partial charge in [0.2, 0.25) is 0 Å². The molecule has 6 N–H and O–H groups in total. The molecule has 0 aliphatic rings. The van der Waals surface area contributed by atoms with E-state index in [-0.39, 0.29) is 31.2 Å². The quantitative estimate of drug-likeness (QED) is 0.576. The van der Waals surface area contributed by atoms with E-state index in [4.69, 9.17) is 21.7 Å². The van der Waals surface area contributed by atoms with Gasteiger partial charge in [0.15, 0.2) is 0 Å². The molecular weight excluding hydrogens is 268 g/mol. The van der Waals surface area contributed by atoms with Crippen LogP contribution in [0.5, 0.6) is 0 Å². The average molecular weight is 290 g/mol. The molecule has 2 rings (SSSR count). The molecule has 0 amide bonds. The summed E-state index contributed by atoms with van der Waals surface area (Å²) in [6.45, 7) is -0.183. The molecule has 21 heavy (non-hydrogen) atoms. The van der Waals surface area contributed by atoms with Crippen molar-refractivity contribution in [3.8, 4) is 0 Å². The van der Waals surface area contributed by atoms with Crippen LogP contribution in [0.3, 0.4) is 0 Å². The second kappa shape index (κ2) is 7.42. The molecule has 2 atom stereocenters. The molecule has 114 valence electrons. The van der Waals surface area contributed by atoms with Gasteiger partial charge >= 0.3 is 0 Å². The number of aliphatic hydroxyl groups is 2. The average Bonchev–Trinajstić information content (AvgIpc) is 2.53. The van der Waals surface area contributed by atoms with Gasteiger partial charge in [0.05, 0.1) is 29.9 Å². The summed E-state index contributed by atoms with van der Waals surface area (Å²) in [5.41, 5.74) is 14.1. The Kier molecular flexibility index (Phi) is 5.58. The number of para-hydroxylation sites is 2. The summed E-state index contributed by atoms with van der Waals surface area (Å²) in [4.78, 5) is 9.01. The molecule has 2 unspecified atom stereocenters. The minimum Gasteiger partial charge on any atom is -0.395 e. The van der Waals surface area contributed by atoms with Crippen LogP contribution in [0.1, 0.15) is 24.5 Å². The van der Waals surface area contributed by atoms with Crippen LogP contribution in [-0.2, 0) is 0 Å². The Morgan fingerprint density at radius 2 is 1.52 bits per heavy atom. The summed E-state index contributed by atoms with van der Waals surface area (Å²) in [7, 11) is 0. The number of hydrogen-bond donors (Lipinski definition) is 4. The summed E-state index contributed by atoms with van der Waals surface area (Å²) in [6, 6.07) is 6.95. The summed E-state index contributed by atoms with van der Waals surface area (Å²) < 4.78 is 0. The van der Waals surface area contributed by atoms with Gasteiger partial charge in [-0.2, -0.15) is 0 Å². The highest BCUT2D eigenvalue weighted by molar-refractivity contribution is 5.73. The molecule has 0 radical (unpaired) electrons. The summed E-state index contributed by atoms with van der Waals surface area (Å²) in [5, 5.41) is 18.3. The van der Waals surface area contributed by atoms with Crippen molar-refractivity contribution in [2.24, 2.45) is 11.5 Å². The Balaban J connectivity index is 2.27. The summed E-state index contributed by atoms with van der Waals surface area (Å²) >= 11 is 0. The van der Waals surface area contributed by atoms with E-state index >= 15 is 0 Å². The number of rotatable bonds is 7. The number of benzene rings is 1. The first-order chi connectivity index (χ1) is 10.1. The van der Waals surface area contributed by atoms with Crippen molar-refractivity contribution in [2.75, 3.05) is 13.2 Å². The second-order valence-electron chi connectivity index (χ2n) is 5.34. The van der Waals surface area contributed by atoms with Crippen molar-refractivity contribution in [1.29, 1.82) is 0 Å². The number of nitrogens with two attached hydrogens (primary N) is 2. The Morgan fingerprint density at radius 3 is 2.10 bits per heavy atom. The summed E-state index contributed by atoms with van der Waals surface area (Å²) in [6.07, 6.45) is 2.83. The first kappa shape index (κ1) is 15.8. The molecule has 6 nitrogen and oxygen atoms in total. The van der Waals surface area contributed by atoms with E-state index in [1.165, 1.54) is 0 Å². The van der Waals surface area contributed by atoms with E-state index in [2.05, 4.69) is 9.97 Å². The maximum atomic E-state index is 9.15. The number of hydrogen-bond acceptors (Lipinski definition) is 6. The Hall–Kier alpha value is -1.60. The van der Waals surface area contributed by atoms with E-state index in [1.54, 1.807) is 6.20 Å². The lowest BCUT2D eigenvalue weighted by atomic mass is 9.91. The second-order valence-corrected chi connectivity index (χ2v) is 5.34. The number of aliphatic hydroxyl groups excluding tert-OH is 2. The lowest BCUT2D eigenvalue weighted by Gasteiger charge is -2.22. The minimum absolute atomic E-state index is 0.0357. The maximum Gasteiger partial charge on any atom is 0.0890 e. The first-order valence-electron chi connectivity index (χ1n) is 7.08. The zero-order valence-corrected chi connectivity index (χ0v) is 11.9. The monoisotopic (exact) mass is 290 g/mol. The van der Waals surface area contributed by atoms with Crippen molar-refractivity contribution < 1.29 is 10.2 Å². The first-order valence-corrected chi connectivity index (χ1v) is 7.08. The molecule has 0 saturated carbocycles. The van der Waals surface area contributed by atoms with Gasteiger partial charge in [0.1, 0.15) is 0 Å². The Morgan fingerprint density at radius 1 is 0.952 bits per heavy atom. The molecule has 0 aliphatic carbocycles. The van der Waals surface area contributed by atoms with E-state index in [0.29, 0.717) is 12.8 Å². The third-order valence-corrected chi connectivity index (χ3v) is 3.53. The van der Waals surface area contributed by atoms with Gasteiger partial charge in [0, 0.05) is 24.2 Å². The highest BCUT2D eigenvalue weighted by atomic mass is 16.3.